The van der Waals surface area contributed by atoms with Gasteiger partial charge < -0.3 is 10.6 Å². The third-order valence-corrected chi connectivity index (χ3v) is 2.96. The molecule has 0 bridgehead atoms. The average molecular weight is 254 g/mol. The molecule has 0 aliphatic heterocycles. The van der Waals surface area contributed by atoms with E-state index in [2.05, 4.69) is 10.6 Å². The van der Waals surface area contributed by atoms with Gasteiger partial charge in [0.1, 0.15) is 0 Å². The third kappa shape index (κ3) is 3.85. The number of nitrogens with one attached hydrogen (secondary N) is 2. The van der Waals surface area contributed by atoms with Crippen molar-refractivity contribution in [1.82, 2.24) is 5.32 Å². The number of carbonyl (C=O) groups excluding carboxylic acids is 1. The minimum Gasteiger partial charge on any atom is -0.331 e. The summed E-state index contributed by atoms with van der Waals surface area (Å²) >= 11 is 0. The van der Waals surface area contributed by atoms with E-state index < -0.39 is 0 Å². The van der Waals surface area contributed by atoms with Crippen LogP contribution < -0.4 is 10.6 Å². The number of amides is 2. The number of carbonyl (C=O) groups is 1. The van der Waals surface area contributed by atoms with Crippen LogP contribution in [0.15, 0.2) is 54.6 Å². The van der Waals surface area contributed by atoms with Gasteiger partial charge in [-0.3, -0.25) is 0 Å². The summed E-state index contributed by atoms with van der Waals surface area (Å²) < 4.78 is 0. The van der Waals surface area contributed by atoms with Crippen molar-refractivity contribution in [2.24, 2.45) is 0 Å². The van der Waals surface area contributed by atoms with Gasteiger partial charge in [0.05, 0.1) is 6.04 Å². The van der Waals surface area contributed by atoms with Gasteiger partial charge in [-0.2, -0.15) is 0 Å². The quantitative estimate of drug-likeness (QED) is 0.857. The number of anilines is 1. The summed E-state index contributed by atoms with van der Waals surface area (Å²) in [6.07, 6.45) is 0. The molecule has 19 heavy (non-hydrogen) atoms. The Morgan fingerprint density at radius 3 is 2.26 bits per heavy atom. The largest absolute Gasteiger partial charge is 0.331 e. The van der Waals surface area contributed by atoms with Crippen LogP contribution in [0.4, 0.5) is 10.5 Å². The predicted molar refractivity (Wildman–Crippen MR) is 78.2 cm³/mol. The first-order chi connectivity index (χ1) is 9.15. The molecule has 3 nitrogen and oxygen atoms in total. The van der Waals surface area contributed by atoms with E-state index in [0.29, 0.717) is 0 Å². The van der Waals surface area contributed by atoms with Crippen molar-refractivity contribution in [2.45, 2.75) is 19.9 Å². The number of aryl methyl sites for hydroxylation is 1. The Morgan fingerprint density at radius 1 is 1.00 bits per heavy atom. The lowest BCUT2D eigenvalue weighted by Crippen LogP contribution is -2.31. The summed E-state index contributed by atoms with van der Waals surface area (Å²) in [5.41, 5.74) is 3.05. The molecule has 0 unspecified atom stereocenters. The number of urea groups is 1. The van der Waals surface area contributed by atoms with Crippen molar-refractivity contribution >= 4 is 11.7 Å². The number of hydrogen-bond acceptors (Lipinski definition) is 1. The van der Waals surface area contributed by atoms with Crippen LogP contribution in [-0.2, 0) is 0 Å². The zero-order chi connectivity index (χ0) is 13.7. The molecule has 0 radical (unpaired) electrons. The minimum atomic E-state index is -0.194. The minimum absolute atomic E-state index is 0.0216. The maximum absolute atomic E-state index is 11.9. The van der Waals surface area contributed by atoms with Gasteiger partial charge in [0.2, 0.25) is 0 Å². The van der Waals surface area contributed by atoms with Crippen molar-refractivity contribution in [3.8, 4) is 0 Å². The van der Waals surface area contributed by atoms with Gasteiger partial charge in [0, 0.05) is 5.69 Å². The normalized spacial score (nSPS) is 11.7. The van der Waals surface area contributed by atoms with E-state index in [1.54, 1.807) is 0 Å². The molecule has 0 saturated carbocycles. The van der Waals surface area contributed by atoms with Crippen LogP contribution >= 0.6 is 0 Å². The Labute approximate surface area is 113 Å². The van der Waals surface area contributed by atoms with Crippen molar-refractivity contribution < 1.29 is 4.79 Å². The third-order valence-electron chi connectivity index (χ3n) is 2.96. The molecule has 0 aliphatic carbocycles. The summed E-state index contributed by atoms with van der Waals surface area (Å²) in [4.78, 5) is 11.9. The highest BCUT2D eigenvalue weighted by molar-refractivity contribution is 5.89. The molecule has 0 saturated heterocycles. The Hall–Kier alpha value is -2.29. The molecule has 2 aromatic rings. The van der Waals surface area contributed by atoms with E-state index in [4.69, 9.17) is 0 Å². The second kappa shape index (κ2) is 6.05. The van der Waals surface area contributed by atoms with Gasteiger partial charge in [-0.05, 0) is 31.5 Å². The number of benzene rings is 2. The first-order valence-corrected chi connectivity index (χ1v) is 6.34. The topological polar surface area (TPSA) is 41.1 Å². The molecule has 2 aromatic carbocycles. The van der Waals surface area contributed by atoms with Crippen LogP contribution in [-0.4, -0.2) is 6.03 Å². The Bertz CT molecular complexity index is 534. The second-order valence-electron chi connectivity index (χ2n) is 4.60. The molecular weight excluding hydrogens is 236 g/mol. The second-order valence-corrected chi connectivity index (χ2v) is 4.60. The van der Waals surface area contributed by atoms with E-state index in [-0.39, 0.29) is 12.1 Å². The molecule has 0 aliphatic rings. The SMILES string of the molecule is Cc1ccc(NC(=O)N[C@@H](C)c2ccccc2)cc1. The summed E-state index contributed by atoms with van der Waals surface area (Å²) in [6, 6.07) is 17.4. The zero-order valence-electron chi connectivity index (χ0n) is 11.2. The summed E-state index contributed by atoms with van der Waals surface area (Å²) in [6.45, 7) is 3.98. The molecule has 0 spiro atoms. The first-order valence-electron chi connectivity index (χ1n) is 6.34. The zero-order valence-corrected chi connectivity index (χ0v) is 11.2. The van der Waals surface area contributed by atoms with Crippen molar-refractivity contribution in [1.29, 1.82) is 0 Å². The highest BCUT2D eigenvalue weighted by Gasteiger charge is 2.08. The summed E-state index contributed by atoms with van der Waals surface area (Å²) in [7, 11) is 0. The molecule has 2 amide bonds. The van der Waals surface area contributed by atoms with Gasteiger partial charge in [-0.15, -0.1) is 0 Å². The van der Waals surface area contributed by atoms with E-state index in [1.807, 2.05) is 68.4 Å². The van der Waals surface area contributed by atoms with Gasteiger partial charge in [-0.1, -0.05) is 48.0 Å². The maximum atomic E-state index is 11.9. The summed E-state index contributed by atoms with van der Waals surface area (Å²) in [5, 5.41) is 5.73. The molecule has 98 valence electrons. The van der Waals surface area contributed by atoms with Gasteiger partial charge >= 0.3 is 6.03 Å². The summed E-state index contributed by atoms with van der Waals surface area (Å²) in [5.74, 6) is 0. The molecule has 2 N–H and O–H groups in total. The Balaban J connectivity index is 1.93. The van der Waals surface area contributed by atoms with E-state index in [1.165, 1.54) is 5.56 Å². The highest BCUT2D eigenvalue weighted by atomic mass is 16.2. The standard InChI is InChI=1S/C16H18N2O/c1-12-8-10-15(11-9-12)18-16(19)17-13(2)14-6-4-3-5-7-14/h3-11,13H,1-2H3,(H2,17,18,19)/t13-/m0/s1. The number of hydrogen-bond donors (Lipinski definition) is 2. The molecule has 2 rings (SSSR count). The fourth-order valence-corrected chi connectivity index (χ4v) is 1.83. The lowest BCUT2D eigenvalue weighted by atomic mass is 10.1. The van der Waals surface area contributed by atoms with Crippen LogP contribution in [0.25, 0.3) is 0 Å². The average Bonchev–Trinajstić information content (AvgIpc) is 2.42. The maximum Gasteiger partial charge on any atom is 0.319 e. The lowest BCUT2D eigenvalue weighted by molar-refractivity contribution is 0.249. The molecule has 3 heteroatoms. The fraction of sp³-hybridized carbons (Fsp3) is 0.188. The lowest BCUT2D eigenvalue weighted by Gasteiger charge is -2.15. The molecule has 0 heterocycles. The predicted octanol–water partition coefficient (Wildman–Crippen LogP) is 3.88. The fourth-order valence-electron chi connectivity index (χ4n) is 1.83. The van der Waals surface area contributed by atoms with Crippen LogP contribution in [0.3, 0.4) is 0 Å². The van der Waals surface area contributed by atoms with E-state index in [9.17, 15) is 4.79 Å². The Kier molecular flexibility index (Phi) is 4.18. The highest BCUT2D eigenvalue weighted by Crippen LogP contribution is 2.12. The van der Waals surface area contributed by atoms with Gasteiger partial charge in [0.15, 0.2) is 0 Å². The van der Waals surface area contributed by atoms with E-state index >= 15 is 0 Å². The first kappa shape index (κ1) is 13.1. The van der Waals surface area contributed by atoms with Crippen LogP contribution in [0.1, 0.15) is 24.1 Å². The molecular formula is C16H18N2O. The smallest absolute Gasteiger partial charge is 0.319 e. The molecule has 0 aromatic heterocycles. The van der Waals surface area contributed by atoms with Crippen molar-refractivity contribution in [3.63, 3.8) is 0 Å². The Morgan fingerprint density at radius 2 is 1.63 bits per heavy atom. The molecule has 1 atom stereocenters. The monoisotopic (exact) mass is 254 g/mol. The van der Waals surface area contributed by atoms with E-state index in [0.717, 1.165) is 11.3 Å². The van der Waals surface area contributed by atoms with Crippen molar-refractivity contribution in [2.75, 3.05) is 5.32 Å². The van der Waals surface area contributed by atoms with Gasteiger partial charge in [0.25, 0.3) is 0 Å². The number of rotatable bonds is 3. The van der Waals surface area contributed by atoms with Crippen molar-refractivity contribution in [3.05, 3.63) is 65.7 Å². The van der Waals surface area contributed by atoms with Gasteiger partial charge in [-0.25, -0.2) is 4.79 Å². The molecule has 0 fully saturated rings. The van der Waals surface area contributed by atoms with Crippen LogP contribution in [0, 0.1) is 6.92 Å². The van der Waals surface area contributed by atoms with Crippen LogP contribution in [0.5, 0.6) is 0 Å². The van der Waals surface area contributed by atoms with Crippen LogP contribution in [0.2, 0.25) is 0 Å².